The highest BCUT2D eigenvalue weighted by Crippen LogP contribution is 2.28. The average Bonchev–Trinajstić information content (AvgIpc) is 3.10. The van der Waals surface area contributed by atoms with Gasteiger partial charge in [-0.15, -0.1) is 0 Å². The molecule has 7 N–H and O–H groups in total. The quantitative estimate of drug-likeness (QED) is 0.0580. The number of likely N-dealkylation sites (tertiary alicyclic amines) is 1. The summed E-state index contributed by atoms with van der Waals surface area (Å²) in [4.78, 5) is 37.8. The summed E-state index contributed by atoms with van der Waals surface area (Å²) in [5.41, 5.74) is 3.55. The number of nitrogens with zero attached hydrogens (tertiary/aromatic N) is 1. The summed E-state index contributed by atoms with van der Waals surface area (Å²) in [5.74, 6) is -0.0575. The van der Waals surface area contributed by atoms with Crippen molar-refractivity contribution in [2.75, 3.05) is 56.4 Å². The van der Waals surface area contributed by atoms with Crippen molar-refractivity contribution in [2.24, 2.45) is 0 Å². The van der Waals surface area contributed by atoms with E-state index in [1.165, 1.54) is 6.07 Å². The van der Waals surface area contributed by atoms with E-state index in [1.54, 1.807) is 12.1 Å². The minimum absolute atomic E-state index is 0.0575. The first kappa shape index (κ1) is 36.2. The van der Waals surface area contributed by atoms with Gasteiger partial charge < -0.3 is 41.1 Å². The summed E-state index contributed by atoms with van der Waals surface area (Å²) >= 11 is 0. The normalized spacial score (nSPS) is 14.1. The van der Waals surface area contributed by atoms with Crippen LogP contribution in [0.3, 0.4) is 0 Å². The number of aliphatic hydroxyl groups is 1. The van der Waals surface area contributed by atoms with Gasteiger partial charge in [-0.1, -0.05) is 61.0 Å². The van der Waals surface area contributed by atoms with Gasteiger partial charge in [0.1, 0.15) is 11.9 Å². The van der Waals surface area contributed by atoms with Gasteiger partial charge in [0.15, 0.2) is 0 Å². The van der Waals surface area contributed by atoms with Gasteiger partial charge in [0, 0.05) is 38.3 Å². The maximum Gasteiger partial charge on any atom is 0.411 e. The molecule has 12 heteroatoms. The van der Waals surface area contributed by atoms with Gasteiger partial charge in [0.25, 0.3) is 0 Å². The third-order valence-corrected chi connectivity index (χ3v) is 8.27. The maximum atomic E-state index is 12.7. The fourth-order valence-corrected chi connectivity index (χ4v) is 5.62. The number of anilines is 2. The summed E-state index contributed by atoms with van der Waals surface area (Å²) < 4.78 is 5.73. The van der Waals surface area contributed by atoms with Crippen LogP contribution in [0, 0.1) is 0 Å². The van der Waals surface area contributed by atoms with Crippen molar-refractivity contribution in [1.82, 2.24) is 20.9 Å². The van der Waals surface area contributed by atoms with Gasteiger partial charge in [-0.2, -0.15) is 0 Å². The minimum Gasteiger partial charge on any atom is -0.506 e. The third-order valence-electron chi connectivity index (χ3n) is 8.27. The van der Waals surface area contributed by atoms with Crippen LogP contribution >= 0.6 is 0 Å². The number of urea groups is 1. The first-order chi connectivity index (χ1) is 23.4. The smallest absolute Gasteiger partial charge is 0.411 e. The Hall–Kier alpha value is -4.65. The number of aromatic hydroxyl groups is 1. The maximum absolute atomic E-state index is 12.7. The molecule has 0 saturated carbocycles. The number of piperidine rings is 1. The van der Waals surface area contributed by atoms with Crippen LogP contribution in [0.4, 0.5) is 21.0 Å². The topological polar surface area (TPSA) is 164 Å². The Balaban J connectivity index is 0.981. The van der Waals surface area contributed by atoms with E-state index in [9.17, 15) is 24.6 Å². The number of hydrogen-bond acceptors (Lipinski definition) is 8. The highest BCUT2D eigenvalue weighted by Gasteiger charge is 2.22. The molecular formula is C36H48N6O6. The molecule has 1 atom stereocenters. The fourth-order valence-electron chi connectivity index (χ4n) is 5.62. The zero-order valence-corrected chi connectivity index (χ0v) is 27.3. The van der Waals surface area contributed by atoms with E-state index in [1.807, 2.05) is 54.6 Å². The molecule has 1 fully saturated rings. The van der Waals surface area contributed by atoms with E-state index in [2.05, 4.69) is 31.5 Å². The molecule has 4 rings (SSSR count). The molecule has 1 unspecified atom stereocenters. The SMILES string of the molecule is O=CNc1cc(C(O)CNCCCCCNC(=O)NCCCN2CCC(OC(=O)Nc3ccccc3-c3ccccc3)CC2)ccc1O. The Bertz CT molecular complexity index is 1430. The number of phenolic OH excluding ortho intramolecular Hbond substituents is 1. The Labute approximate surface area is 282 Å². The molecule has 1 heterocycles. The van der Waals surface area contributed by atoms with Gasteiger partial charge in [-0.25, -0.2) is 9.59 Å². The van der Waals surface area contributed by atoms with E-state index >= 15 is 0 Å². The molecular weight excluding hydrogens is 612 g/mol. The number of hydrogen-bond donors (Lipinski definition) is 7. The number of aliphatic hydroxyl groups excluding tert-OH is 1. The second-order valence-corrected chi connectivity index (χ2v) is 11.8. The van der Waals surface area contributed by atoms with Crippen molar-refractivity contribution in [3.8, 4) is 16.9 Å². The van der Waals surface area contributed by atoms with E-state index < -0.39 is 12.2 Å². The van der Waals surface area contributed by atoms with E-state index in [4.69, 9.17) is 4.74 Å². The van der Waals surface area contributed by atoms with Crippen LogP contribution in [0.15, 0.2) is 72.8 Å². The van der Waals surface area contributed by atoms with Crippen molar-refractivity contribution in [1.29, 1.82) is 0 Å². The van der Waals surface area contributed by atoms with Crippen LogP contribution in [-0.2, 0) is 9.53 Å². The van der Waals surface area contributed by atoms with Crippen LogP contribution in [0.25, 0.3) is 11.1 Å². The van der Waals surface area contributed by atoms with Crippen molar-refractivity contribution >= 4 is 29.9 Å². The van der Waals surface area contributed by atoms with Crippen molar-refractivity contribution in [3.05, 3.63) is 78.4 Å². The van der Waals surface area contributed by atoms with Gasteiger partial charge in [0.05, 0.1) is 17.5 Å². The van der Waals surface area contributed by atoms with Crippen LogP contribution in [0.5, 0.6) is 5.75 Å². The van der Waals surface area contributed by atoms with Gasteiger partial charge in [-0.05, 0) is 74.5 Å². The molecule has 258 valence electrons. The minimum atomic E-state index is -0.767. The zero-order valence-electron chi connectivity index (χ0n) is 27.3. The highest BCUT2D eigenvalue weighted by atomic mass is 16.6. The van der Waals surface area contributed by atoms with Crippen LogP contribution in [0.1, 0.15) is 50.2 Å². The Morgan fingerprint density at radius 2 is 1.58 bits per heavy atom. The number of amides is 4. The largest absolute Gasteiger partial charge is 0.506 e. The standard InChI is InChI=1S/C36H48N6O6/c43-26-40-32-24-28(14-15-33(32)44)34(45)25-37-18-7-2-8-19-38-35(46)39-20-9-21-42-22-16-29(17-23-42)48-36(47)41-31-13-6-5-12-30(31)27-10-3-1-4-11-27/h1,3-6,10-15,24,26,29,34,37,44-45H,2,7-9,16-23,25H2,(H,40,43)(H,41,47)(H2,38,39,46). The molecule has 0 spiro atoms. The number of rotatable bonds is 18. The zero-order chi connectivity index (χ0) is 34.0. The summed E-state index contributed by atoms with van der Waals surface area (Å²) in [5, 5.41) is 34.4. The summed E-state index contributed by atoms with van der Waals surface area (Å²) in [7, 11) is 0. The molecule has 0 aromatic heterocycles. The Morgan fingerprint density at radius 1 is 0.875 bits per heavy atom. The highest BCUT2D eigenvalue weighted by molar-refractivity contribution is 5.91. The molecule has 0 bridgehead atoms. The monoisotopic (exact) mass is 660 g/mol. The second kappa shape index (κ2) is 19.9. The number of carbonyl (C=O) groups excluding carboxylic acids is 3. The molecule has 1 aliphatic heterocycles. The van der Waals surface area contributed by atoms with Crippen LogP contribution < -0.4 is 26.6 Å². The van der Waals surface area contributed by atoms with Crippen LogP contribution in [0.2, 0.25) is 0 Å². The van der Waals surface area contributed by atoms with Gasteiger partial charge in [-0.3, -0.25) is 10.1 Å². The number of carbonyl (C=O) groups is 3. The van der Waals surface area contributed by atoms with Gasteiger partial charge in [0.2, 0.25) is 6.41 Å². The molecule has 3 aromatic rings. The molecule has 0 aliphatic carbocycles. The molecule has 1 aliphatic rings. The number of benzene rings is 3. The number of ether oxygens (including phenoxy) is 1. The first-order valence-electron chi connectivity index (χ1n) is 16.7. The lowest BCUT2D eigenvalue weighted by Gasteiger charge is -2.31. The van der Waals surface area contributed by atoms with E-state index in [0.29, 0.717) is 31.6 Å². The molecule has 0 radical (unpaired) electrons. The lowest BCUT2D eigenvalue weighted by molar-refractivity contribution is -0.105. The number of phenols is 1. The van der Waals surface area contributed by atoms with E-state index in [-0.39, 0.29) is 23.6 Å². The average molecular weight is 661 g/mol. The first-order valence-corrected chi connectivity index (χ1v) is 16.7. The van der Waals surface area contributed by atoms with Gasteiger partial charge >= 0.3 is 12.1 Å². The molecule has 4 amide bonds. The molecule has 12 nitrogen and oxygen atoms in total. The predicted molar refractivity (Wildman–Crippen MR) is 187 cm³/mol. The number of unbranched alkanes of at least 4 members (excludes halogenated alkanes) is 2. The third kappa shape index (κ3) is 12.2. The van der Waals surface area contributed by atoms with Crippen LogP contribution in [-0.4, -0.2) is 85.6 Å². The summed E-state index contributed by atoms with van der Waals surface area (Å²) in [6, 6.07) is 22.1. The molecule has 3 aromatic carbocycles. The lowest BCUT2D eigenvalue weighted by Crippen LogP contribution is -2.41. The summed E-state index contributed by atoms with van der Waals surface area (Å²) in [6.07, 6.45) is 4.22. The van der Waals surface area contributed by atoms with Crippen molar-refractivity contribution in [2.45, 2.75) is 50.7 Å². The number of para-hydroxylation sites is 1. The Kier molecular flexibility index (Phi) is 15.0. The molecule has 48 heavy (non-hydrogen) atoms. The molecule has 1 saturated heterocycles. The number of nitrogens with one attached hydrogen (secondary N) is 5. The van der Waals surface area contributed by atoms with Crippen molar-refractivity contribution in [3.63, 3.8) is 0 Å². The summed E-state index contributed by atoms with van der Waals surface area (Å²) in [6.45, 7) is 4.80. The van der Waals surface area contributed by atoms with Crippen molar-refractivity contribution < 1.29 is 29.3 Å². The Morgan fingerprint density at radius 3 is 2.35 bits per heavy atom. The second-order valence-electron chi connectivity index (χ2n) is 11.8. The predicted octanol–water partition coefficient (Wildman–Crippen LogP) is 4.82. The van der Waals surface area contributed by atoms with E-state index in [0.717, 1.165) is 81.5 Å². The lowest BCUT2D eigenvalue weighted by atomic mass is 10.0. The fraction of sp³-hybridized carbons (Fsp3) is 0.417.